The van der Waals surface area contributed by atoms with Gasteiger partial charge in [0.25, 0.3) is 11.6 Å². The number of hydrogen-bond acceptors (Lipinski definition) is 5. The number of carbonyl (C=O) groups excluding carboxylic acids is 2. The number of aryl methyl sites for hydroxylation is 1. The van der Waals surface area contributed by atoms with Crippen molar-refractivity contribution in [1.29, 1.82) is 0 Å². The molecule has 164 valence electrons. The lowest BCUT2D eigenvalue weighted by molar-refractivity contribution is -0.383. The van der Waals surface area contributed by atoms with Gasteiger partial charge in [0.05, 0.1) is 4.92 Å². The van der Waals surface area contributed by atoms with Crippen LogP contribution in [0.25, 0.3) is 0 Å². The molecule has 0 bridgehead atoms. The Bertz CT molecular complexity index is 1160. The maximum Gasteiger partial charge on any atom is 0.332 e. The highest BCUT2D eigenvalue weighted by Gasteiger charge is 2.31. The van der Waals surface area contributed by atoms with Crippen LogP contribution in [0.3, 0.4) is 0 Å². The minimum Gasteiger partial charge on any atom is -0.324 e. The summed E-state index contributed by atoms with van der Waals surface area (Å²) in [6.45, 7) is 1.79. The molecule has 32 heavy (non-hydrogen) atoms. The summed E-state index contributed by atoms with van der Waals surface area (Å²) in [6.07, 6.45) is 0. The number of anilines is 2. The lowest BCUT2D eigenvalue weighted by atomic mass is 10.1. The Balaban J connectivity index is 1.89. The maximum atomic E-state index is 13.2. The summed E-state index contributed by atoms with van der Waals surface area (Å²) >= 11 is 10.2. The molecule has 0 fully saturated rings. The first-order valence-corrected chi connectivity index (χ1v) is 10.2. The number of nitro benzene ring substituents is 1. The molecule has 0 spiro atoms. The second kappa shape index (κ2) is 10.2. The monoisotopic (exact) mass is 470 g/mol. The molecule has 0 saturated heterocycles. The van der Waals surface area contributed by atoms with Crippen molar-refractivity contribution in [2.75, 3.05) is 10.6 Å². The van der Waals surface area contributed by atoms with Crippen LogP contribution in [-0.2, 0) is 4.79 Å². The van der Waals surface area contributed by atoms with Crippen molar-refractivity contribution in [1.82, 2.24) is 4.31 Å². The molecule has 0 aliphatic rings. The van der Waals surface area contributed by atoms with E-state index in [1.54, 1.807) is 61.5 Å². The fourth-order valence-electron chi connectivity index (χ4n) is 3.04. The summed E-state index contributed by atoms with van der Waals surface area (Å²) in [6, 6.07) is 17.4. The molecule has 0 saturated carbocycles. The highest BCUT2D eigenvalue weighted by atomic mass is 35.5. The first-order valence-electron chi connectivity index (χ1n) is 9.42. The zero-order chi connectivity index (χ0) is 23.3. The lowest BCUT2D eigenvalue weighted by Crippen LogP contribution is -2.38. The zero-order valence-corrected chi connectivity index (χ0v) is 18.5. The minimum absolute atomic E-state index is 0.0117. The van der Waals surface area contributed by atoms with Gasteiger partial charge in [-0.15, -0.1) is 0 Å². The number of nitrogens with zero attached hydrogens (tertiary/aromatic N) is 2. The Hall–Kier alpha value is -3.56. The molecule has 3 aromatic carbocycles. The average molecular weight is 471 g/mol. The van der Waals surface area contributed by atoms with E-state index < -0.39 is 22.9 Å². The van der Waals surface area contributed by atoms with E-state index in [9.17, 15) is 19.7 Å². The number of halogens is 1. The Kier molecular flexibility index (Phi) is 7.34. The predicted molar refractivity (Wildman–Crippen MR) is 127 cm³/mol. The van der Waals surface area contributed by atoms with Crippen LogP contribution in [0.1, 0.15) is 17.2 Å². The summed E-state index contributed by atoms with van der Waals surface area (Å²) < 4.78 is 0.895. The largest absolute Gasteiger partial charge is 0.332 e. The molecule has 8 nitrogen and oxygen atoms in total. The molecule has 0 aliphatic heterocycles. The molecule has 0 radical (unpaired) electrons. The van der Waals surface area contributed by atoms with Crippen molar-refractivity contribution in [2.45, 2.75) is 13.0 Å². The van der Waals surface area contributed by atoms with E-state index in [4.69, 9.17) is 11.6 Å². The highest BCUT2D eigenvalue weighted by Crippen LogP contribution is 2.29. The van der Waals surface area contributed by atoms with Crippen LogP contribution >= 0.6 is 24.4 Å². The number of nitro groups is 1. The molecule has 0 heterocycles. The van der Waals surface area contributed by atoms with Crippen LogP contribution in [0.15, 0.2) is 72.8 Å². The molecule has 0 aromatic heterocycles. The van der Waals surface area contributed by atoms with Gasteiger partial charge in [-0.25, -0.2) is 4.79 Å². The summed E-state index contributed by atoms with van der Waals surface area (Å²) in [7, 11) is 0. The van der Waals surface area contributed by atoms with Crippen LogP contribution in [0.2, 0.25) is 5.02 Å². The average Bonchev–Trinajstić information content (AvgIpc) is 2.76. The third kappa shape index (κ3) is 5.37. The predicted octanol–water partition coefficient (Wildman–Crippen LogP) is 5.62. The fraction of sp³-hybridized carbons (Fsp3) is 0.0909. The van der Waals surface area contributed by atoms with Crippen LogP contribution in [0.5, 0.6) is 0 Å². The van der Waals surface area contributed by atoms with Gasteiger partial charge in [0.2, 0.25) is 0 Å². The van der Waals surface area contributed by atoms with Crippen molar-refractivity contribution < 1.29 is 14.5 Å². The normalized spacial score (nSPS) is 11.3. The second-order valence-electron chi connectivity index (χ2n) is 6.81. The van der Waals surface area contributed by atoms with E-state index in [1.807, 2.05) is 0 Å². The molecule has 1 atom stereocenters. The van der Waals surface area contributed by atoms with Crippen LogP contribution in [0.4, 0.5) is 21.9 Å². The molecule has 10 heteroatoms. The molecule has 1 unspecified atom stereocenters. The Labute approximate surface area is 194 Å². The molecular weight excluding hydrogens is 452 g/mol. The van der Waals surface area contributed by atoms with Crippen molar-refractivity contribution in [2.24, 2.45) is 0 Å². The molecule has 3 amide bonds. The zero-order valence-electron chi connectivity index (χ0n) is 16.9. The lowest BCUT2D eigenvalue weighted by Gasteiger charge is -2.26. The number of carbonyl (C=O) groups is 2. The van der Waals surface area contributed by atoms with Gasteiger partial charge < -0.3 is 10.6 Å². The van der Waals surface area contributed by atoms with Crippen LogP contribution in [-0.4, -0.2) is 21.2 Å². The van der Waals surface area contributed by atoms with Gasteiger partial charge in [-0.1, -0.05) is 66.9 Å². The number of amides is 3. The molecule has 2 N–H and O–H groups in total. The number of thiol groups is 1. The van der Waals surface area contributed by atoms with Gasteiger partial charge in [-0.05, 0) is 42.3 Å². The van der Waals surface area contributed by atoms with E-state index in [-0.39, 0.29) is 11.4 Å². The number of urea groups is 1. The number of rotatable bonds is 6. The van der Waals surface area contributed by atoms with Gasteiger partial charge in [0.15, 0.2) is 0 Å². The third-order valence-electron chi connectivity index (χ3n) is 4.60. The minimum atomic E-state index is -1.13. The summed E-state index contributed by atoms with van der Waals surface area (Å²) in [5.74, 6) is -0.519. The Morgan fingerprint density at radius 1 is 1.00 bits per heavy atom. The number of para-hydroxylation sites is 2. The standard InChI is InChI=1S/C22H19ClN4O4S/c1-14-13-16(23)11-12-17(14)24-21(28)20(15-7-3-2-4-8-15)26(32)22(29)25-18-9-5-6-10-19(18)27(30)31/h2-13,20,32H,1H3,(H,24,28)(H,25,29). The third-order valence-corrected chi connectivity index (χ3v) is 5.25. The maximum absolute atomic E-state index is 13.2. The van der Waals surface area contributed by atoms with Crippen molar-refractivity contribution >= 4 is 53.4 Å². The second-order valence-corrected chi connectivity index (χ2v) is 7.68. The first kappa shape index (κ1) is 23.1. The van der Waals surface area contributed by atoms with E-state index >= 15 is 0 Å². The number of hydrogen-bond donors (Lipinski definition) is 3. The van der Waals surface area contributed by atoms with Gasteiger partial charge in [-0.2, -0.15) is 0 Å². The van der Waals surface area contributed by atoms with Gasteiger partial charge in [0.1, 0.15) is 11.7 Å². The highest BCUT2D eigenvalue weighted by molar-refractivity contribution is 7.78. The summed E-state index contributed by atoms with van der Waals surface area (Å²) in [4.78, 5) is 36.7. The van der Waals surface area contributed by atoms with Crippen LogP contribution < -0.4 is 10.6 Å². The fourth-order valence-corrected chi connectivity index (χ4v) is 3.55. The molecule has 3 aromatic rings. The number of nitrogens with one attached hydrogen (secondary N) is 2. The van der Waals surface area contributed by atoms with E-state index in [2.05, 4.69) is 23.4 Å². The Morgan fingerprint density at radius 3 is 2.31 bits per heavy atom. The summed E-state index contributed by atoms with van der Waals surface area (Å²) in [5.41, 5.74) is 1.49. The topological polar surface area (TPSA) is 105 Å². The van der Waals surface area contributed by atoms with Crippen molar-refractivity contribution in [3.8, 4) is 0 Å². The Morgan fingerprint density at radius 2 is 1.66 bits per heavy atom. The quantitative estimate of drug-likeness (QED) is 0.247. The van der Waals surface area contributed by atoms with E-state index in [0.29, 0.717) is 16.3 Å². The number of benzene rings is 3. The SMILES string of the molecule is Cc1cc(Cl)ccc1NC(=O)C(c1ccccc1)N(S)C(=O)Nc1ccccc1[N+](=O)[O-]. The van der Waals surface area contributed by atoms with E-state index in [0.717, 1.165) is 9.87 Å². The van der Waals surface area contributed by atoms with Gasteiger partial charge in [-0.3, -0.25) is 19.2 Å². The smallest absolute Gasteiger partial charge is 0.324 e. The first-order chi connectivity index (χ1) is 15.3. The summed E-state index contributed by atoms with van der Waals surface area (Å²) in [5, 5.41) is 17.0. The molecule has 0 aliphatic carbocycles. The molecular formula is C22H19ClN4O4S. The van der Waals surface area contributed by atoms with Crippen molar-refractivity contribution in [3.63, 3.8) is 0 Å². The van der Waals surface area contributed by atoms with Gasteiger partial charge in [0, 0.05) is 16.8 Å². The van der Waals surface area contributed by atoms with E-state index in [1.165, 1.54) is 18.2 Å². The van der Waals surface area contributed by atoms with Gasteiger partial charge >= 0.3 is 6.03 Å². The molecule has 3 rings (SSSR count). The van der Waals surface area contributed by atoms with Crippen LogP contribution in [0, 0.1) is 17.0 Å². The van der Waals surface area contributed by atoms with Crippen molar-refractivity contribution in [3.05, 3.63) is 99.1 Å².